The normalized spacial score (nSPS) is 16.7. The summed E-state index contributed by atoms with van der Waals surface area (Å²) in [6, 6.07) is 34.5. The van der Waals surface area contributed by atoms with E-state index in [-0.39, 0.29) is 48.9 Å². The maximum Gasteiger partial charge on any atom is 0.255 e. The van der Waals surface area contributed by atoms with Crippen molar-refractivity contribution in [2.45, 2.75) is 38.1 Å². The highest BCUT2D eigenvalue weighted by atomic mass is 127. The number of halogens is 2. The van der Waals surface area contributed by atoms with Gasteiger partial charge in [0.1, 0.15) is 0 Å². The third-order valence-corrected chi connectivity index (χ3v) is 9.12. The van der Waals surface area contributed by atoms with Gasteiger partial charge in [-0.05, 0) is 80.6 Å². The van der Waals surface area contributed by atoms with Gasteiger partial charge in [0.25, 0.3) is 11.8 Å². The van der Waals surface area contributed by atoms with Crippen LogP contribution in [-0.4, -0.2) is 34.2 Å². The molecule has 0 heterocycles. The lowest BCUT2D eigenvalue weighted by atomic mass is 9.85. The van der Waals surface area contributed by atoms with E-state index in [4.69, 9.17) is 0 Å². The van der Waals surface area contributed by atoms with Crippen molar-refractivity contribution in [1.29, 1.82) is 0 Å². The first-order chi connectivity index (χ1) is 20.3. The highest BCUT2D eigenvalue weighted by Crippen LogP contribution is 2.34. The van der Waals surface area contributed by atoms with Gasteiger partial charge in [-0.1, -0.05) is 84.9 Å². The molecule has 1 aliphatic rings. The smallest absolute Gasteiger partial charge is 0.255 e. The maximum absolute atomic E-state index is 14.5. The average molecular weight is 784 g/mol. The number of hydrogen-bond acceptors (Lipinski definition) is 4. The molecule has 214 valence electrons. The van der Waals surface area contributed by atoms with Crippen molar-refractivity contribution >= 4 is 68.4 Å². The van der Waals surface area contributed by atoms with E-state index in [1.54, 1.807) is 9.80 Å². The van der Waals surface area contributed by atoms with Gasteiger partial charge in [-0.15, -0.1) is 0 Å². The topological polar surface area (TPSA) is 81.1 Å². The first-order valence-corrected chi connectivity index (χ1v) is 15.8. The summed E-state index contributed by atoms with van der Waals surface area (Å²) in [5.41, 5.74) is 3.73. The van der Waals surface area contributed by atoms with E-state index in [1.807, 2.05) is 109 Å². The molecule has 0 saturated carbocycles. The quantitative estimate of drug-likeness (QED) is 0.201. The van der Waals surface area contributed by atoms with Crippen LogP contribution < -0.4 is 9.80 Å². The summed E-state index contributed by atoms with van der Waals surface area (Å²) in [5, 5.41) is 21.5. The molecule has 0 fully saturated rings. The summed E-state index contributed by atoms with van der Waals surface area (Å²) in [6.07, 6.45) is -2.57. The van der Waals surface area contributed by atoms with E-state index in [0.29, 0.717) is 11.4 Å². The van der Waals surface area contributed by atoms with Gasteiger partial charge >= 0.3 is 0 Å². The van der Waals surface area contributed by atoms with Gasteiger partial charge in [-0.2, -0.15) is 0 Å². The summed E-state index contributed by atoms with van der Waals surface area (Å²) >= 11 is 4.42. The molecule has 0 aliphatic heterocycles. The van der Waals surface area contributed by atoms with Crippen molar-refractivity contribution in [2.24, 2.45) is 0 Å². The number of rotatable bonds is 8. The summed E-state index contributed by atoms with van der Waals surface area (Å²) in [7, 11) is 0. The van der Waals surface area contributed by atoms with E-state index >= 15 is 0 Å². The highest BCUT2D eigenvalue weighted by molar-refractivity contribution is 14.1. The standard InChI is InChI=1S/C34H30I2N2O4/c35-27-15-7-9-17-29(27)37(21-23-11-3-1-4-12-23)33(41)25-19-31(39)32(40)20-26(25)34(42)38(22-24-13-5-2-6-14-24)30-18-10-8-16-28(30)36/h1-18,31-32,39-40H,19-22H2/t31-,32-/m0/s1. The van der Waals surface area contributed by atoms with Crippen molar-refractivity contribution in [2.75, 3.05) is 9.80 Å². The fraction of sp³-hybridized carbons (Fsp3) is 0.176. The van der Waals surface area contributed by atoms with Crippen molar-refractivity contribution in [3.8, 4) is 0 Å². The number of nitrogens with zero attached hydrogens (tertiary/aromatic N) is 2. The van der Waals surface area contributed by atoms with E-state index in [9.17, 15) is 19.8 Å². The SMILES string of the molecule is O=C(C1=C(C(=O)N(Cc2ccccc2)c2ccccc2I)C[C@H](O)[C@@H](O)C1)N(Cc1ccccc1)c1ccccc1I. The van der Waals surface area contributed by atoms with Gasteiger partial charge < -0.3 is 20.0 Å². The van der Waals surface area contributed by atoms with Gasteiger partial charge in [-0.3, -0.25) is 9.59 Å². The Hall–Kier alpha value is -3.06. The minimum atomic E-state index is -1.16. The highest BCUT2D eigenvalue weighted by Gasteiger charge is 2.38. The van der Waals surface area contributed by atoms with Crippen LogP contribution in [0, 0.1) is 7.14 Å². The van der Waals surface area contributed by atoms with Crippen LogP contribution in [0.1, 0.15) is 24.0 Å². The Morgan fingerprint density at radius 3 is 1.26 bits per heavy atom. The fourth-order valence-corrected chi connectivity index (χ4v) is 6.46. The van der Waals surface area contributed by atoms with Crippen LogP contribution >= 0.6 is 45.2 Å². The second-order valence-corrected chi connectivity index (χ2v) is 12.5. The average Bonchev–Trinajstić information content (AvgIpc) is 3.01. The van der Waals surface area contributed by atoms with Crippen molar-refractivity contribution in [3.05, 3.63) is 139 Å². The molecule has 0 saturated heterocycles. The number of hydrogen-bond donors (Lipinski definition) is 2. The Kier molecular flexibility index (Phi) is 10.1. The number of amides is 2. The van der Waals surface area contributed by atoms with Crippen molar-refractivity contribution in [3.63, 3.8) is 0 Å². The summed E-state index contributed by atoms with van der Waals surface area (Å²) in [6.45, 7) is 0.571. The van der Waals surface area contributed by atoms with Crippen LogP contribution in [0.3, 0.4) is 0 Å². The Morgan fingerprint density at radius 1 is 0.571 bits per heavy atom. The van der Waals surface area contributed by atoms with Crippen LogP contribution in [0.15, 0.2) is 120 Å². The molecule has 2 N–H and O–H groups in total. The number of aliphatic hydroxyl groups is 2. The van der Waals surface area contributed by atoms with E-state index in [0.717, 1.165) is 18.3 Å². The number of benzene rings is 4. The first kappa shape index (κ1) is 30.4. The van der Waals surface area contributed by atoms with Gasteiger partial charge in [0.15, 0.2) is 0 Å². The van der Waals surface area contributed by atoms with Crippen LogP contribution in [0.5, 0.6) is 0 Å². The zero-order valence-electron chi connectivity index (χ0n) is 22.7. The molecule has 42 heavy (non-hydrogen) atoms. The minimum Gasteiger partial charge on any atom is -0.390 e. The molecule has 4 aromatic carbocycles. The predicted molar refractivity (Wildman–Crippen MR) is 182 cm³/mol. The molecule has 0 unspecified atom stereocenters. The van der Waals surface area contributed by atoms with E-state index < -0.39 is 12.2 Å². The Morgan fingerprint density at radius 2 is 0.905 bits per heavy atom. The van der Waals surface area contributed by atoms with Gasteiger partial charge in [0.05, 0.1) is 36.7 Å². The third-order valence-electron chi connectivity index (χ3n) is 7.30. The van der Waals surface area contributed by atoms with E-state index in [2.05, 4.69) is 45.2 Å². The monoisotopic (exact) mass is 784 g/mol. The third kappa shape index (κ3) is 6.94. The largest absolute Gasteiger partial charge is 0.390 e. The summed E-state index contributed by atoms with van der Waals surface area (Å²) < 4.78 is 1.77. The molecule has 2 amide bonds. The molecule has 8 heteroatoms. The molecule has 0 aromatic heterocycles. The zero-order valence-corrected chi connectivity index (χ0v) is 27.1. The van der Waals surface area contributed by atoms with Crippen molar-refractivity contribution < 1.29 is 19.8 Å². The number of carbonyl (C=O) groups is 2. The lowest BCUT2D eigenvalue weighted by Gasteiger charge is -2.34. The molecule has 1 aliphatic carbocycles. The summed E-state index contributed by atoms with van der Waals surface area (Å²) in [4.78, 5) is 32.3. The van der Waals surface area contributed by atoms with Crippen molar-refractivity contribution in [1.82, 2.24) is 0 Å². The zero-order chi connectivity index (χ0) is 29.6. The fourth-order valence-electron chi connectivity index (χ4n) is 5.10. The molecular weight excluding hydrogens is 754 g/mol. The van der Waals surface area contributed by atoms with Crippen LogP contribution in [0.4, 0.5) is 11.4 Å². The molecule has 5 rings (SSSR count). The number of para-hydroxylation sites is 2. The second-order valence-electron chi connectivity index (χ2n) is 10.2. The molecule has 0 spiro atoms. The predicted octanol–water partition coefficient (Wildman–Crippen LogP) is 6.47. The minimum absolute atomic E-state index is 0.124. The molecule has 0 bridgehead atoms. The summed E-state index contributed by atoms with van der Waals surface area (Å²) in [5.74, 6) is -0.723. The molecule has 0 radical (unpaired) electrons. The first-order valence-electron chi connectivity index (χ1n) is 13.6. The number of anilines is 2. The number of carbonyl (C=O) groups excluding carboxylic acids is 2. The molecule has 2 atom stereocenters. The van der Waals surface area contributed by atoms with Gasteiger partial charge in [0.2, 0.25) is 0 Å². The Bertz CT molecular complexity index is 1470. The lowest BCUT2D eigenvalue weighted by Crippen LogP contribution is -2.43. The van der Waals surface area contributed by atoms with Gasteiger partial charge in [-0.25, -0.2) is 0 Å². The maximum atomic E-state index is 14.5. The molecule has 6 nitrogen and oxygen atoms in total. The Balaban J connectivity index is 1.62. The lowest BCUT2D eigenvalue weighted by molar-refractivity contribution is -0.119. The van der Waals surface area contributed by atoms with Crippen LogP contribution in [0.25, 0.3) is 0 Å². The Labute approximate surface area is 273 Å². The molecular formula is C34H30I2N2O4. The number of aliphatic hydroxyl groups excluding tert-OH is 2. The van der Waals surface area contributed by atoms with Crippen LogP contribution in [0.2, 0.25) is 0 Å². The molecule has 4 aromatic rings. The van der Waals surface area contributed by atoms with Gasteiger partial charge in [0, 0.05) is 31.1 Å². The van der Waals surface area contributed by atoms with E-state index in [1.165, 1.54) is 0 Å². The second kappa shape index (κ2) is 13.9. The van der Waals surface area contributed by atoms with Crippen LogP contribution in [-0.2, 0) is 22.7 Å².